The number of hydrogen-bond donors (Lipinski definition) is 1. The Hall–Kier alpha value is -2.07. The average molecular weight is 297 g/mol. The Bertz CT molecular complexity index is 614. The van der Waals surface area contributed by atoms with E-state index in [4.69, 9.17) is 0 Å². The van der Waals surface area contributed by atoms with Gasteiger partial charge in [0.1, 0.15) is 5.69 Å². The van der Waals surface area contributed by atoms with Gasteiger partial charge in [0, 0.05) is 19.8 Å². The highest BCUT2D eigenvalue weighted by atomic mass is 16.1. The molecular formula is C18H23N3O. The van der Waals surface area contributed by atoms with E-state index >= 15 is 0 Å². The highest BCUT2D eigenvalue weighted by molar-refractivity contribution is 5.92. The molecule has 0 radical (unpaired) electrons. The lowest BCUT2D eigenvalue weighted by atomic mass is 10.1. The van der Waals surface area contributed by atoms with Crippen LogP contribution in [-0.2, 0) is 7.05 Å². The number of hydrogen-bond acceptors (Lipinski definition) is 2. The van der Waals surface area contributed by atoms with E-state index in [0.29, 0.717) is 12.2 Å². The fraction of sp³-hybridized carbons (Fsp3) is 0.389. The molecule has 2 heterocycles. The number of rotatable bonds is 5. The number of carbonyl (C=O) groups excluding carboxylic acids is 1. The summed E-state index contributed by atoms with van der Waals surface area (Å²) in [6.07, 6.45) is 4.38. The Kier molecular flexibility index (Phi) is 4.59. The Morgan fingerprint density at radius 3 is 2.50 bits per heavy atom. The fourth-order valence-corrected chi connectivity index (χ4v) is 3.16. The third kappa shape index (κ3) is 3.22. The van der Waals surface area contributed by atoms with Crippen molar-refractivity contribution in [3.63, 3.8) is 0 Å². The normalized spacial score (nSPS) is 16.6. The fourth-order valence-electron chi connectivity index (χ4n) is 3.16. The van der Waals surface area contributed by atoms with Crippen molar-refractivity contribution in [2.45, 2.75) is 18.9 Å². The summed E-state index contributed by atoms with van der Waals surface area (Å²) in [7, 11) is 1.89. The van der Waals surface area contributed by atoms with Crippen LogP contribution in [0.2, 0.25) is 0 Å². The van der Waals surface area contributed by atoms with E-state index in [2.05, 4.69) is 34.5 Å². The van der Waals surface area contributed by atoms with Gasteiger partial charge < -0.3 is 9.88 Å². The first-order valence-corrected chi connectivity index (χ1v) is 7.94. The molecule has 1 unspecified atom stereocenters. The van der Waals surface area contributed by atoms with Gasteiger partial charge in [0.05, 0.1) is 6.04 Å². The second-order valence-electron chi connectivity index (χ2n) is 5.88. The zero-order valence-electron chi connectivity index (χ0n) is 13.0. The molecule has 0 bridgehead atoms. The Morgan fingerprint density at radius 1 is 1.14 bits per heavy atom. The molecule has 116 valence electrons. The summed E-state index contributed by atoms with van der Waals surface area (Å²) in [6.45, 7) is 2.87. The first-order valence-electron chi connectivity index (χ1n) is 7.94. The molecule has 1 atom stereocenters. The van der Waals surface area contributed by atoms with Gasteiger partial charge in [-0.05, 0) is 43.6 Å². The summed E-state index contributed by atoms with van der Waals surface area (Å²) < 4.78 is 1.85. The minimum Gasteiger partial charge on any atom is -0.349 e. The van der Waals surface area contributed by atoms with Crippen molar-refractivity contribution in [3.05, 3.63) is 59.9 Å². The van der Waals surface area contributed by atoms with Gasteiger partial charge in [-0.15, -0.1) is 0 Å². The maximum absolute atomic E-state index is 12.3. The standard InChI is InChI=1S/C18H23N3O/c1-20-11-7-10-16(20)18(22)19-14-17(21-12-5-6-13-21)15-8-3-2-4-9-15/h2-4,7-11,17H,5-6,12-14H2,1H3,(H,19,22). The van der Waals surface area contributed by atoms with Crippen molar-refractivity contribution in [3.8, 4) is 0 Å². The van der Waals surface area contributed by atoms with Gasteiger partial charge in [0.2, 0.25) is 0 Å². The van der Waals surface area contributed by atoms with Crippen LogP contribution in [0.1, 0.15) is 34.9 Å². The molecule has 1 aliphatic heterocycles. The van der Waals surface area contributed by atoms with Crippen LogP contribution in [0.4, 0.5) is 0 Å². The lowest BCUT2D eigenvalue weighted by Crippen LogP contribution is -2.37. The molecule has 1 fully saturated rings. The topological polar surface area (TPSA) is 37.3 Å². The van der Waals surface area contributed by atoms with E-state index in [1.54, 1.807) is 0 Å². The first kappa shape index (κ1) is 14.9. The molecule has 2 aromatic rings. The molecular weight excluding hydrogens is 274 g/mol. The molecule has 1 aliphatic rings. The molecule has 4 heteroatoms. The highest BCUT2D eigenvalue weighted by Crippen LogP contribution is 2.24. The molecule has 4 nitrogen and oxygen atoms in total. The number of aromatic nitrogens is 1. The van der Waals surface area contributed by atoms with E-state index < -0.39 is 0 Å². The number of aryl methyl sites for hydroxylation is 1. The maximum Gasteiger partial charge on any atom is 0.267 e. The van der Waals surface area contributed by atoms with E-state index in [1.165, 1.54) is 18.4 Å². The summed E-state index contributed by atoms with van der Waals surface area (Å²) in [5.74, 6) is -0.00683. The Labute approximate surface area is 131 Å². The van der Waals surface area contributed by atoms with Gasteiger partial charge in [0.15, 0.2) is 0 Å². The number of nitrogens with one attached hydrogen (secondary N) is 1. The van der Waals surface area contributed by atoms with Crippen LogP contribution in [0.15, 0.2) is 48.7 Å². The molecule has 0 aliphatic carbocycles. The Morgan fingerprint density at radius 2 is 1.86 bits per heavy atom. The van der Waals surface area contributed by atoms with Crippen LogP contribution >= 0.6 is 0 Å². The molecule has 0 saturated carbocycles. The molecule has 1 N–H and O–H groups in total. The molecule has 1 amide bonds. The van der Waals surface area contributed by atoms with Gasteiger partial charge >= 0.3 is 0 Å². The summed E-state index contributed by atoms with van der Waals surface area (Å²) in [5.41, 5.74) is 1.98. The van der Waals surface area contributed by atoms with Crippen LogP contribution in [0.25, 0.3) is 0 Å². The van der Waals surface area contributed by atoms with Gasteiger partial charge in [-0.2, -0.15) is 0 Å². The zero-order valence-corrected chi connectivity index (χ0v) is 13.0. The predicted molar refractivity (Wildman–Crippen MR) is 87.7 cm³/mol. The van der Waals surface area contributed by atoms with Crippen LogP contribution in [0.5, 0.6) is 0 Å². The van der Waals surface area contributed by atoms with Crippen molar-refractivity contribution in [1.29, 1.82) is 0 Å². The Balaban J connectivity index is 1.70. The number of likely N-dealkylation sites (tertiary alicyclic amines) is 1. The number of benzene rings is 1. The molecule has 1 aromatic heterocycles. The first-order chi connectivity index (χ1) is 10.8. The summed E-state index contributed by atoms with van der Waals surface area (Å²) >= 11 is 0. The third-order valence-corrected chi connectivity index (χ3v) is 4.40. The predicted octanol–water partition coefficient (Wildman–Crippen LogP) is 2.59. The van der Waals surface area contributed by atoms with E-state index in [-0.39, 0.29) is 11.9 Å². The van der Waals surface area contributed by atoms with E-state index in [9.17, 15) is 4.79 Å². The van der Waals surface area contributed by atoms with Gasteiger partial charge in [-0.25, -0.2) is 0 Å². The van der Waals surface area contributed by atoms with Gasteiger partial charge in [-0.1, -0.05) is 30.3 Å². The summed E-state index contributed by atoms with van der Waals surface area (Å²) in [4.78, 5) is 14.8. The molecule has 0 spiro atoms. The van der Waals surface area contributed by atoms with Crippen LogP contribution in [0, 0.1) is 0 Å². The van der Waals surface area contributed by atoms with Crippen molar-refractivity contribution in [2.24, 2.45) is 7.05 Å². The zero-order chi connectivity index (χ0) is 15.4. The van der Waals surface area contributed by atoms with Crippen molar-refractivity contribution >= 4 is 5.91 Å². The minimum atomic E-state index is -0.00683. The monoisotopic (exact) mass is 297 g/mol. The van der Waals surface area contributed by atoms with Crippen molar-refractivity contribution in [2.75, 3.05) is 19.6 Å². The average Bonchev–Trinajstić information content (AvgIpc) is 3.20. The lowest BCUT2D eigenvalue weighted by molar-refractivity contribution is 0.0930. The molecule has 3 rings (SSSR count). The molecule has 1 aromatic carbocycles. The van der Waals surface area contributed by atoms with Crippen LogP contribution in [0.3, 0.4) is 0 Å². The third-order valence-electron chi connectivity index (χ3n) is 4.40. The van der Waals surface area contributed by atoms with Crippen molar-refractivity contribution < 1.29 is 4.79 Å². The molecule has 1 saturated heterocycles. The summed E-state index contributed by atoms with van der Waals surface area (Å²) in [6, 6.07) is 14.5. The van der Waals surface area contributed by atoms with E-state index in [0.717, 1.165) is 13.1 Å². The van der Waals surface area contributed by atoms with Crippen molar-refractivity contribution in [1.82, 2.24) is 14.8 Å². The SMILES string of the molecule is Cn1cccc1C(=O)NCC(c1ccccc1)N1CCCC1. The quantitative estimate of drug-likeness (QED) is 0.921. The van der Waals surface area contributed by atoms with E-state index in [1.807, 2.05) is 36.0 Å². The largest absolute Gasteiger partial charge is 0.349 e. The summed E-state index contributed by atoms with van der Waals surface area (Å²) in [5, 5.41) is 3.10. The van der Waals surface area contributed by atoms with Crippen LogP contribution in [-0.4, -0.2) is 35.0 Å². The second-order valence-corrected chi connectivity index (χ2v) is 5.88. The highest BCUT2D eigenvalue weighted by Gasteiger charge is 2.24. The van der Waals surface area contributed by atoms with Gasteiger partial charge in [-0.3, -0.25) is 9.69 Å². The molecule has 22 heavy (non-hydrogen) atoms. The number of carbonyl (C=O) groups is 1. The maximum atomic E-state index is 12.3. The lowest BCUT2D eigenvalue weighted by Gasteiger charge is -2.28. The number of amides is 1. The minimum absolute atomic E-state index is 0.00683. The smallest absolute Gasteiger partial charge is 0.267 e. The van der Waals surface area contributed by atoms with Crippen LogP contribution < -0.4 is 5.32 Å². The second kappa shape index (κ2) is 6.79. The van der Waals surface area contributed by atoms with Gasteiger partial charge in [0.25, 0.3) is 5.91 Å². The number of nitrogens with zero attached hydrogens (tertiary/aromatic N) is 2.